The molecule has 0 amide bonds. The summed E-state index contributed by atoms with van der Waals surface area (Å²) in [5.41, 5.74) is 4.27. The van der Waals surface area contributed by atoms with E-state index in [1.54, 1.807) is 4.68 Å². The van der Waals surface area contributed by atoms with Gasteiger partial charge in [0, 0.05) is 22.6 Å². The van der Waals surface area contributed by atoms with E-state index in [0.29, 0.717) is 5.95 Å². The Hall–Kier alpha value is -2.24. The maximum Gasteiger partial charge on any atom is 0.312 e. The third-order valence-corrected chi connectivity index (χ3v) is 3.49. The Morgan fingerprint density at radius 1 is 1.19 bits per heavy atom. The summed E-state index contributed by atoms with van der Waals surface area (Å²) in [5, 5.41) is 4.48. The number of aryl methyl sites for hydroxylation is 3. The van der Waals surface area contributed by atoms with Gasteiger partial charge in [0.1, 0.15) is 0 Å². The standard InChI is InChI=1S/C15H20N4O2/c1-8-7-9(2)17-15(16-8)19-12(5)13(11(4)18-19)10(3)14(20)21-6/h7,10H,1-6H3. The molecule has 0 saturated carbocycles. The van der Waals surface area contributed by atoms with Crippen LogP contribution in [-0.4, -0.2) is 32.8 Å². The minimum atomic E-state index is -0.366. The topological polar surface area (TPSA) is 69.9 Å². The van der Waals surface area contributed by atoms with E-state index in [4.69, 9.17) is 4.74 Å². The van der Waals surface area contributed by atoms with Gasteiger partial charge < -0.3 is 4.74 Å². The monoisotopic (exact) mass is 288 g/mol. The number of aromatic nitrogens is 4. The Morgan fingerprint density at radius 2 is 1.76 bits per heavy atom. The van der Waals surface area contributed by atoms with Crippen LogP contribution in [0.2, 0.25) is 0 Å². The van der Waals surface area contributed by atoms with Gasteiger partial charge in [-0.2, -0.15) is 5.10 Å². The molecular weight excluding hydrogens is 268 g/mol. The Labute approximate surface area is 124 Å². The lowest BCUT2D eigenvalue weighted by Crippen LogP contribution is -2.13. The average Bonchev–Trinajstić information content (AvgIpc) is 2.71. The lowest BCUT2D eigenvalue weighted by molar-refractivity contribution is -0.142. The number of nitrogens with zero attached hydrogens (tertiary/aromatic N) is 4. The highest BCUT2D eigenvalue weighted by molar-refractivity contribution is 5.78. The molecule has 0 aliphatic heterocycles. The van der Waals surface area contributed by atoms with Gasteiger partial charge in [0.05, 0.1) is 18.7 Å². The van der Waals surface area contributed by atoms with E-state index >= 15 is 0 Å². The fourth-order valence-electron chi connectivity index (χ4n) is 2.57. The van der Waals surface area contributed by atoms with Crippen molar-refractivity contribution in [1.29, 1.82) is 0 Å². The number of methoxy groups -OCH3 is 1. The first-order valence-corrected chi connectivity index (χ1v) is 6.81. The van der Waals surface area contributed by atoms with Gasteiger partial charge in [0.25, 0.3) is 5.95 Å². The van der Waals surface area contributed by atoms with Crippen LogP contribution < -0.4 is 0 Å². The number of carbonyl (C=O) groups is 1. The second kappa shape index (κ2) is 5.63. The second-order valence-corrected chi connectivity index (χ2v) is 5.19. The molecule has 0 N–H and O–H groups in total. The molecule has 0 fully saturated rings. The zero-order valence-electron chi connectivity index (χ0n) is 13.3. The third-order valence-electron chi connectivity index (χ3n) is 3.49. The van der Waals surface area contributed by atoms with Crippen molar-refractivity contribution in [2.75, 3.05) is 7.11 Å². The molecule has 2 aromatic heterocycles. The molecule has 112 valence electrons. The molecule has 0 spiro atoms. The summed E-state index contributed by atoms with van der Waals surface area (Å²) in [5.74, 6) is -0.117. The van der Waals surface area contributed by atoms with Crippen molar-refractivity contribution in [1.82, 2.24) is 19.7 Å². The molecule has 0 radical (unpaired) electrons. The zero-order chi connectivity index (χ0) is 15.7. The predicted octanol–water partition coefficient (Wildman–Crippen LogP) is 2.17. The van der Waals surface area contributed by atoms with Crippen molar-refractivity contribution >= 4 is 5.97 Å². The van der Waals surface area contributed by atoms with Crippen LogP contribution in [0.3, 0.4) is 0 Å². The Balaban J connectivity index is 2.55. The summed E-state index contributed by atoms with van der Waals surface area (Å²) >= 11 is 0. The van der Waals surface area contributed by atoms with Crippen LogP contribution in [0.4, 0.5) is 0 Å². The smallest absolute Gasteiger partial charge is 0.312 e. The predicted molar refractivity (Wildman–Crippen MR) is 78.5 cm³/mol. The normalized spacial score (nSPS) is 12.3. The average molecular weight is 288 g/mol. The lowest BCUT2D eigenvalue weighted by atomic mass is 9.99. The van der Waals surface area contributed by atoms with Crippen LogP contribution in [0.15, 0.2) is 6.07 Å². The largest absolute Gasteiger partial charge is 0.469 e. The summed E-state index contributed by atoms with van der Waals surface area (Å²) in [7, 11) is 1.39. The molecule has 0 aliphatic carbocycles. The zero-order valence-corrected chi connectivity index (χ0v) is 13.3. The van der Waals surface area contributed by atoms with Crippen molar-refractivity contribution in [2.24, 2.45) is 0 Å². The first kappa shape index (κ1) is 15.2. The number of esters is 1. The summed E-state index contributed by atoms with van der Waals surface area (Å²) in [6, 6.07) is 1.91. The van der Waals surface area contributed by atoms with E-state index in [1.807, 2.05) is 40.7 Å². The Morgan fingerprint density at radius 3 is 2.29 bits per heavy atom. The molecule has 0 aromatic carbocycles. The highest BCUT2D eigenvalue weighted by Gasteiger charge is 2.25. The molecule has 6 nitrogen and oxygen atoms in total. The van der Waals surface area contributed by atoms with Gasteiger partial charge in [-0.05, 0) is 40.7 Å². The summed E-state index contributed by atoms with van der Waals surface area (Å²) in [6.07, 6.45) is 0. The fourth-order valence-corrected chi connectivity index (χ4v) is 2.57. The molecule has 0 bridgehead atoms. The van der Waals surface area contributed by atoms with Crippen LogP contribution in [0.1, 0.15) is 41.2 Å². The quantitative estimate of drug-likeness (QED) is 0.810. The maximum atomic E-state index is 11.8. The molecule has 2 aromatic rings. The molecule has 2 heterocycles. The minimum Gasteiger partial charge on any atom is -0.469 e. The SMILES string of the molecule is COC(=O)C(C)c1c(C)nn(-c2nc(C)cc(C)n2)c1C. The van der Waals surface area contributed by atoms with Gasteiger partial charge >= 0.3 is 5.97 Å². The Bertz CT molecular complexity index is 671. The molecule has 21 heavy (non-hydrogen) atoms. The van der Waals surface area contributed by atoms with Gasteiger partial charge in [0.15, 0.2) is 0 Å². The van der Waals surface area contributed by atoms with Crippen LogP contribution in [-0.2, 0) is 9.53 Å². The van der Waals surface area contributed by atoms with E-state index in [9.17, 15) is 4.79 Å². The van der Waals surface area contributed by atoms with E-state index in [1.165, 1.54) is 7.11 Å². The van der Waals surface area contributed by atoms with Crippen molar-refractivity contribution < 1.29 is 9.53 Å². The van der Waals surface area contributed by atoms with Gasteiger partial charge in [0.2, 0.25) is 0 Å². The highest BCUT2D eigenvalue weighted by atomic mass is 16.5. The summed E-state index contributed by atoms with van der Waals surface area (Å²) in [4.78, 5) is 20.6. The van der Waals surface area contributed by atoms with E-state index in [0.717, 1.165) is 28.3 Å². The first-order valence-electron chi connectivity index (χ1n) is 6.81. The fraction of sp³-hybridized carbons (Fsp3) is 0.467. The van der Waals surface area contributed by atoms with Gasteiger partial charge in [-0.1, -0.05) is 0 Å². The molecule has 0 aliphatic rings. The number of hydrogen-bond donors (Lipinski definition) is 0. The van der Waals surface area contributed by atoms with Gasteiger partial charge in [-0.3, -0.25) is 4.79 Å². The first-order chi connectivity index (χ1) is 9.85. The van der Waals surface area contributed by atoms with Crippen molar-refractivity contribution in [3.8, 4) is 5.95 Å². The molecular formula is C15H20N4O2. The summed E-state index contributed by atoms with van der Waals surface area (Å²) < 4.78 is 6.51. The van der Waals surface area contributed by atoms with Crippen LogP contribution in [0, 0.1) is 27.7 Å². The second-order valence-electron chi connectivity index (χ2n) is 5.19. The van der Waals surface area contributed by atoms with Crippen molar-refractivity contribution in [3.05, 3.63) is 34.4 Å². The number of ether oxygens (including phenoxy) is 1. The minimum absolute atomic E-state index is 0.276. The maximum absolute atomic E-state index is 11.8. The van der Waals surface area contributed by atoms with Gasteiger partial charge in [-0.15, -0.1) is 0 Å². The number of rotatable bonds is 3. The van der Waals surface area contributed by atoms with E-state index in [-0.39, 0.29) is 11.9 Å². The molecule has 1 unspecified atom stereocenters. The molecule has 0 saturated heterocycles. The third kappa shape index (κ3) is 2.79. The molecule has 1 atom stereocenters. The molecule has 2 rings (SSSR count). The van der Waals surface area contributed by atoms with Crippen LogP contribution >= 0.6 is 0 Å². The Kier molecular flexibility index (Phi) is 4.06. The van der Waals surface area contributed by atoms with E-state index < -0.39 is 0 Å². The molecule has 6 heteroatoms. The lowest BCUT2D eigenvalue weighted by Gasteiger charge is -2.10. The summed E-state index contributed by atoms with van der Waals surface area (Å²) in [6.45, 7) is 9.44. The highest BCUT2D eigenvalue weighted by Crippen LogP contribution is 2.25. The van der Waals surface area contributed by atoms with Crippen molar-refractivity contribution in [2.45, 2.75) is 40.5 Å². The van der Waals surface area contributed by atoms with E-state index in [2.05, 4.69) is 15.1 Å². The van der Waals surface area contributed by atoms with Crippen molar-refractivity contribution in [3.63, 3.8) is 0 Å². The van der Waals surface area contributed by atoms with Crippen LogP contribution in [0.25, 0.3) is 5.95 Å². The number of hydrogen-bond acceptors (Lipinski definition) is 5. The number of carbonyl (C=O) groups excluding carboxylic acids is 1. The van der Waals surface area contributed by atoms with Gasteiger partial charge in [-0.25, -0.2) is 14.6 Å². The van der Waals surface area contributed by atoms with Crippen LogP contribution in [0.5, 0.6) is 0 Å².